The van der Waals surface area contributed by atoms with E-state index < -0.39 is 5.41 Å². The van der Waals surface area contributed by atoms with Crippen LogP contribution in [0.25, 0.3) is 0 Å². The molecule has 1 atom stereocenters. The van der Waals surface area contributed by atoms with E-state index in [-0.39, 0.29) is 24.2 Å². The summed E-state index contributed by atoms with van der Waals surface area (Å²) in [4.78, 5) is 28.2. The van der Waals surface area contributed by atoms with E-state index in [0.717, 1.165) is 0 Å². The minimum Gasteiger partial charge on any atom is -0.380 e. The van der Waals surface area contributed by atoms with Gasteiger partial charge in [0.05, 0.1) is 5.41 Å². The van der Waals surface area contributed by atoms with Crippen LogP contribution >= 0.6 is 0 Å². The zero-order chi connectivity index (χ0) is 13.9. The largest absolute Gasteiger partial charge is 0.380 e. The molecule has 1 aromatic carbocycles. The molecule has 1 fully saturated rings. The fourth-order valence-electron chi connectivity index (χ4n) is 1.78. The van der Waals surface area contributed by atoms with E-state index in [9.17, 15) is 14.0 Å². The quantitative estimate of drug-likeness (QED) is 0.806. The molecule has 2 N–H and O–H groups in total. The number of rotatable bonds is 3. The second-order valence-corrected chi connectivity index (χ2v) is 4.82. The molecule has 1 aliphatic heterocycles. The highest BCUT2D eigenvalue weighted by Crippen LogP contribution is 2.26. The molecule has 0 aliphatic carbocycles. The Morgan fingerprint density at radius 1 is 1.42 bits per heavy atom. The Morgan fingerprint density at radius 3 is 2.68 bits per heavy atom. The average molecular weight is 266 g/mol. The third-order valence-electron chi connectivity index (χ3n) is 3.20. The number of amides is 2. The molecule has 0 radical (unpaired) electrons. The maximum absolute atomic E-state index is 12.7. The number of nitrogens with one attached hydrogen (secondary N) is 2. The van der Waals surface area contributed by atoms with Gasteiger partial charge in [0.15, 0.2) is 5.75 Å². The van der Waals surface area contributed by atoms with Crippen LogP contribution in [0.3, 0.4) is 0 Å². The van der Waals surface area contributed by atoms with E-state index in [0.29, 0.717) is 18.6 Å². The molecular formula is C13H15FN2O3. The van der Waals surface area contributed by atoms with Gasteiger partial charge in [0.25, 0.3) is 5.91 Å². The molecule has 0 aromatic heterocycles. The lowest BCUT2D eigenvalue weighted by Gasteiger charge is -2.31. The van der Waals surface area contributed by atoms with Gasteiger partial charge in [-0.3, -0.25) is 9.59 Å². The van der Waals surface area contributed by atoms with Crippen LogP contribution < -0.4 is 15.6 Å². The lowest BCUT2D eigenvalue weighted by atomic mass is 9.82. The summed E-state index contributed by atoms with van der Waals surface area (Å²) in [5.74, 6) is -0.389. The van der Waals surface area contributed by atoms with Gasteiger partial charge in [-0.15, -0.1) is 0 Å². The standard InChI is InChI=1S/C13H15FN2O3/c1-13(7-6-11(17)15-8-13)12(18)16-19-10-4-2-9(14)3-5-10/h2-5H,6-8H2,1H3,(H,15,17)(H,16,18). The van der Waals surface area contributed by atoms with Crippen molar-refractivity contribution in [1.29, 1.82) is 0 Å². The Hall–Kier alpha value is -2.11. The van der Waals surface area contributed by atoms with Crippen molar-refractivity contribution in [3.63, 3.8) is 0 Å². The second-order valence-electron chi connectivity index (χ2n) is 4.82. The van der Waals surface area contributed by atoms with E-state index in [1.165, 1.54) is 24.3 Å². The SMILES string of the molecule is CC1(C(=O)NOc2ccc(F)cc2)CCC(=O)NC1. The van der Waals surface area contributed by atoms with Crippen molar-refractivity contribution in [2.45, 2.75) is 19.8 Å². The molecular weight excluding hydrogens is 251 g/mol. The first-order valence-electron chi connectivity index (χ1n) is 5.99. The number of benzene rings is 1. The van der Waals surface area contributed by atoms with Gasteiger partial charge in [-0.1, -0.05) is 0 Å². The van der Waals surface area contributed by atoms with Crippen molar-refractivity contribution >= 4 is 11.8 Å². The van der Waals surface area contributed by atoms with Crippen molar-refractivity contribution in [3.05, 3.63) is 30.1 Å². The molecule has 1 aromatic rings. The molecule has 2 rings (SSSR count). The zero-order valence-corrected chi connectivity index (χ0v) is 10.5. The topological polar surface area (TPSA) is 67.4 Å². The van der Waals surface area contributed by atoms with E-state index in [1.54, 1.807) is 6.92 Å². The second kappa shape index (κ2) is 5.26. The van der Waals surface area contributed by atoms with Gasteiger partial charge in [0.2, 0.25) is 5.91 Å². The molecule has 1 saturated heterocycles. The summed E-state index contributed by atoms with van der Waals surface area (Å²) in [5, 5.41) is 2.65. The van der Waals surface area contributed by atoms with Gasteiger partial charge >= 0.3 is 0 Å². The van der Waals surface area contributed by atoms with Crippen LogP contribution in [-0.4, -0.2) is 18.4 Å². The maximum Gasteiger partial charge on any atom is 0.260 e. The number of hydrogen-bond acceptors (Lipinski definition) is 3. The van der Waals surface area contributed by atoms with Gasteiger partial charge in [-0.2, -0.15) is 5.48 Å². The Morgan fingerprint density at radius 2 is 2.11 bits per heavy atom. The molecule has 102 valence electrons. The first-order valence-corrected chi connectivity index (χ1v) is 5.99. The first kappa shape index (κ1) is 13.3. The van der Waals surface area contributed by atoms with Crippen LogP contribution in [0.15, 0.2) is 24.3 Å². The normalized spacial score (nSPS) is 22.5. The van der Waals surface area contributed by atoms with Gasteiger partial charge in [0.1, 0.15) is 5.82 Å². The van der Waals surface area contributed by atoms with Crippen molar-refractivity contribution in [3.8, 4) is 5.75 Å². The van der Waals surface area contributed by atoms with Crippen molar-refractivity contribution in [2.75, 3.05) is 6.54 Å². The van der Waals surface area contributed by atoms with Crippen molar-refractivity contribution in [2.24, 2.45) is 5.41 Å². The predicted octanol–water partition coefficient (Wildman–Crippen LogP) is 1.15. The molecule has 5 nitrogen and oxygen atoms in total. The molecule has 2 amide bonds. The number of carbonyl (C=O) groups is 2. The Balaban J connectivity index is 1.90. The van der Waals surface area contributed by atoms with Crippen LogP contribution in [0.2, 0.25) is 0 Å². The average Bonchev–Trinajstić information content (AvgIpc) is 2.41. The highest BCUT2D eigenvalue weighted by atomic mass is 19.1. The monoisotopic (exact) mass is 266 g/mol. The minimum atomic E-state index is -0.687. The van der Waals surface area contributed by atoms with Crippen molar-refractivity contribution in [1.82, 2.24) is 10.8 Å². The van der Waals surface area contributed by atoms with E-state index in [2.05, 4.69) is 10.8 Å². The van der Waals surface area contributed by atoms with E-state index in [4.69, 9.17) is 4.84 Å². The Kier molecular flexibility index (Phi) is 3.69. The summed E-state index contributed by atoms with van der Waals surface area (Å²) in [6.07, 6.45) is 0.790. The third-order valence-corrected chi connectivity index (χ3v) is 3.20. The fourth-order valence-corrected chi connectivity index (χ4v) is 1.78. The molecule has 0 spiro atoms. The number of piperidine rings is 1. The lowest BCUT2D eigenvalue weighted by molar-refractivity contribution is -0.140. The van der Waals surface area contributed by atoms with Gasteiger partial charge in [0, 0.05) is 13.0 Å². The molecule has 19 heavy (non-hydrogen) atoms. The van der Waals surface area contributed by atoms with Crippen LogP contribution in [0, 0.1) is 11.2 Å². The summed E-state index contributed by atoms with van der Waals surface area (Å²) in [6.45, 7) is 2.04. The summed E-state index contributed by atoms with van der Waals surface area (Å²) in [5.41, 5.74) is 1.64. The number of hydrogen-bond donors (Lipinski definition) is 2. The summed E-state index contributed by atoms with van der Waals surface area (Å²) in [6, 6.07) is 5.31. The molecule has 1 heterocycles. The summed E-state index contributed by atoms with van der Waals surface area (Å²) < 4.78 is 12.7. The number of carbonyl (C=O) groups excluding carboxylic acids is 2. The van der Waals surface area contributed by atoms with E-state index in [1.807, 2.05) is 0 Å². The van der Waals surface area contributed by atoms with E-state index >= 15 is 0 Å². The molecule has 0 bridgehead atoms. The Labute approximate surface area is 110 Å². The van der Waals surface area contributed by atoms with Crippen LogP contribution in [0.1, 0.15) is 19.8 Å². The smallest absolute Gasteiger partial charge is 0.260 e. The number of hydroxylamine groups is 1. The fraction of sp³-hybridized carbons (Fsp3) is 0.385. The highest BCUT2D eigenvalue weighted by Gasteiger charge is 2.37. The zero-order valence-electron chi connectivity index (χ0n) is 10.5. The summed E-state index contributed by atoms with van der Waals surface area (Å²) in [7, 11) is 0. The first-order chi connectivity index (χ1) is 8.99. The van der Waals surface area contributed by atoms with Crippen LogP contribution in [0.4, 0.5) is 4.39 Å². The summed E-state index contributed by atoms with van der Waals surface area (Å²) >= 11 is 0. The minimum absolute atomic E-state index is 0.0512. The van der Waals surface area contributed by atoms with Gasteiger partial charge in [-0.25, -0.2) is 4.39 Å². The molecule has 6 heteroatoms. The molecule has 1 unspecified atom stereocenters. The Bertz CT molecular complexity index is 477. The maximum atomic E-state index is 12.7. The third kappa shape index (κ3) is 3.21. The number of halogens is 1. The lowest BCUT2D eigenvalue weighted by Crippen LogP contribution is -2.51. The molecule has 1 aliphatic rings. The predicted molar refractivity (Wildman–Crippen MR) is 65.5 cm³/mol. The van der Waals surface area contributed by atoms with Crippen LogP contribution in [-0.2, 0) is 9.59 Å². The van der Waals surface area contributed by atoms with Gasteiger partial charge < -0.3 is 10.2 Å². The highest BCUT2D eigenvalue weighted by molar-refractivity contribution is 5.85. The van der Waals surface area contributed by atoms with Gasteiger partial charge in [-0.05, 0) is 37.6 Å². The van der Waals surface area contributed by atoms with Crippen LogP contribution in [0.5, 0.6) is 5.75 Å². The van der Waals surface area contributed by atoms with Crippen molar-refractivity contribution < 1.29 is 18.8 Å². The molecule has 0 saturated carbocycles.